The van der Waals surface area contributed by atoms with Crippen LogP contribution in [-0.4, -0.2) is 72.2 Å². The van der Waals surface area contributed by atoms with Gasteiger partial charge in [0, 0.05) is 17.2 Å². The van der Waals surface area contributed by atoms with Crippen LogP contribution in [0.1, 0.15) is 38.9 Å². The number of benzene rings is 3. The third-order valence-corrected chi connectivity index (χ3v) is 7.97. The zero-order chi connectivity index (χ0) is 25.9. The van der Waals surface area contributed by atoms with Crippen LogP contribution in [0.4, 0.5) is 5.69 Å². The fourth-order valence-corrected chi connectivity index (χ4v) is 6.14. The first kappa shape index (κ1) is 24.6. The molecule has 2 aliphatic rings. The zero-order valence-corrected chi connectivity index (χ0v) is 19.6. The van der Waals surface area contributed by atoms with Crippen molar-refractivity contribution in [2.45, 2.75) is 47.8 Å². The van der Waals surface area contributed by atoms with Gasteiger partial charge in [-0.15, -0.1) is 0 Å². The molecule has 2 fully saturated rings. The second-order valence-corrected chi connectivity index (χ2v) is 9.82. The molecule has 0 aromatic heterocycles. The Bertz CT molecular complexity index is 1270. The van der Waals surface area contributed by atoms with Gasteiger partial charge in [0.25, 0.3) is 5.91 Å². The summed E-state index contributed by atoms with van der Waals surface area (Å²) in [5.41, 5.74) is -4.22. The van der Waals surface area contributed by atoms with E-state index < -0.39 is 47.5 Å². The van der Waals surface area contributed by atoms with Crippen molar-refractivity contribution in [2.75, 3.05) is 11.9 Å². The summed E-state index contributed by atoms with van der Waals surface area (Å²) in [4.78, 5) is 12.6. The van der Waals surface area contributed by atoms with Gasteiger partial charge in [0.1, 0.15) is 22.9 Å². The smallest absolute Gasteiger partial charge is 0.255 e. The Balaban J connectivity index is 1.47. The largest absolute Gasteiger partial charge is 0.394 e. The van der Waals surface area contributed by atoms with Gasteiger partial charge in [0.2, 0.25) is 0 Å². The highest BCUT2D eigenvalue weighted by Crippen LogP contribution is 2.75. The maximum atomic E-state index is 12.6. The number of fused-ring (bicyclic) bond motifs is 1. The second kappa shape index (κ2) is 8.48. The van der Waals surface area contributed by atoms with Crippen molar-refractivity contribution >= 4 is 11.6 Å². The lowest BCUT2D eigenvalue weighted by Gasteiger charge is -2.80. The number of aliphatic hydroxyl groups is 6. The summed E-state index contributed by atoms with van der Waals surface area (Å²) in [6.45, 7) is 1.00. The number of anilines is 1. The molecule has 36 heavy (non-hydrogen) atoms. The molecular weight excluding hydrogens is 462 g/mol. The molecule has 3 aromatic carbocycles. The molecule has 2 saturated carbocycles. The van der Waals surface area contributed by atoms with Crippen LogP contribution in [0.15, 0.2) is 78.9 Å². The van der Waals surface area contributed by atoms with Gasteiger partial charge in [0.05, 0.1) is 18.6 Å². The summed E-state index contributed by atoms with van der Waals surface area (Å²) in [5, 5.41) is 69.0. The Labute approximate surface area is 208 Å². The number of hydrogen-bond donors (Lipinski definition) is 7. The summed E-state index contributed by atoms with van der Waals surface area (Å²) < 4.78 is 0. The Kier molecular flexibility index (Phi) is 5.79. The van der Waals surface area contributed by atoms with E-state index in [1.54, 1.807) is 48.5 Å². The number of aliphatic hydroxyl groups excluding tert-OH is 3. The lowest BCUT2D eigenvalue weighted by atomic mass is 9.30. The summed E-state index contributed by atoms with van der Waals surface area (Å²) >= 11 is 0. The molecule has 8 nitrogen and oxygen atoms in total. The van der Waals surface area contributed by atoms with Crippen LogP contribution in [0.25, 0.3) is 0 Å². The van der Waals surface area contributed by atoms with Crippen LogP contribution in [0.5, 0.6) is 0 Å². The van der Waals surface area contributed by atoms with Crippen molar-refractivity contribution in [1.29, 1.82) is 0 Å². The number of rotatable bonds is 6. The highest BCUT2D eigenvalue weighted by atomic mass is 16.5. The average Bonchev–Trinajstić information content (AvgIpc) is 2.89. The first-order valence-electron chi connectivity index (χ1n) is 11.8. The third-order valence-electron chi connectivity index (χ3n) is 7.97. The van der Waals surface area contributed by atoms with E-state index in [0.29, 0.717) is 22.4 Å². The molecule has 3 aromatic rings. The molecule has 7 N–H and O–H groups in total. The number of carbonyl (C=O) groups is 1. The number of aryl methyl sites for hydroxylation is 1. The summed E-state index contributed by atoms with van der Waals surface area (Å²) in [6, 6.07) is 21.8. The van der Waals surface area contributed by atoms with E-state index in [1.807, 2.05) is 13.0 Å². The standard InChI is InChI=1S/C28H29NO7/c1-16-7-9-18(10-8-16)23-26(34,21(31)15-30)28(36)22(24(32)27(23,28)35)17-11-13-19(14-12-17)25(33)29-20-5-3-2-4-6-20/h2-14,21-24,30-32,34-36H,15H2,1H3,(H,29,33)/t21-,22?,23?,24?,26+,27+,28+/m1/s1. The molecule has 8 heteroatoms. The monoisotopic (exact) mass is 491 g/mol. The van der Waals surface area contributed by atoms with Crippen molar-refractivity contribution in [3.63, 3.8) is 0 Å². The number of para-hydroxylation sites is 1. The van der Waals surface area contributed by atoms with Crippen molar-refractivity contribution in [2.24, 2.45) is 0 Å². The van der Waals surface area contributed by atoms with E-state index in [4.69, 9.17) is 0 Å². The molecule has 0 bridgehead atoms. The van der Waals surface area contributed by atoms with Gasteiger partial charge in [-0.25, -0.2) is 0 Å². The predicted molar refractivity (Wildman–Crippen MR) is 131 cm³/mol. The second-order valence-electron chi connectivity index (χ2n) is 9.82. The van der Waals surface area contributed by atoms with E-state index in [1.165, 1.54) is 24.3 Å². The van der Waals surface area contributed by atoms with Crippen LogP contribution in [0, 0.1) is 6.92 Å². The Morgan fingerprint density at radius 2 is 1.50 bits per heavy atom. The van der Waals surface area contributed by atoms with Gasteiger partial charge in [-0.3, -0.25) is 4.79 Å². The van der Waals surface area contributed by atoms with Gasteiger partial charge in [-0.05, 0) is 42.3 Å². The molecule has 2 aliphatic carbocycles. The Hall–Kier alpha value is -3.11. The van der Waals surface area contributed by atoms with E-state index in [-0.39, 0.29) is 5.91 Å². The number of hydrogen-bond acceptors (Lipinski definition) is 7. The molecule has 188 valence electrons. The lowest BCUT2D eigenvalue weighted by molar-refractivity contribution is -0.459. The van der Waals surface area contributed by atoms with Gasteiger partial charge in [-0.1, -0.05) is 60.2 Å². The fourth-order valence-electron chi connectivity index (χ4n) is 6.14. The van der Waals surface area contributed by atoms with Crippen molar-refractivity contribution in [1.82, 2.24) is 0 Å². The summed E-state index contributed by atoms with van der Waals surface area (Å²) in [6.07, 6.45) is -3.27. The van der Waals surface area contributed by atoms with Gasteiger partial charge >= 0.3 is 0 Å². The minimum atomic E-state index is -2.36. The van der Waals surface area contributed by atoms with Gasteiger partial charge in [-0.2, -0.15) is 0 Å². The van der Waals surface area contributed by atoms with Crippen LogP contribution in [-0.2, 0) is 0 Å². The highest BCUT2D eigenvalue weighted by Gasteiger charge is 2.93. The van der Waals surface area contributed by atoms with Crippen molar-refractivity contribution < 1.29 is 35.4 Å². The van der Waals surface area contributed by atoms with Crippen molar-refractivity contribution in [3.05, 3.63) is 101 Å². The van der Waals surface area contributed by atoms with Crippen LogP contribution >= 0.6 is 0 Å². The van der Waals surface area contributed by atoms with Crippen LogP contribution in [0.3, 0.4) is 0 Å². The molecule has 0 aliphatic heterocycles. The summed E-state index contributed by atoms with van der Waals surface area (Å²) in [7, 11) is 0. The number of nitrogens with one attached hydrogen (secondary N) is 1. The van der Waals surface area contributed by atoms with Crippen LogP contribution < -0.4 is 5.32 Å². The topological polar surface area (TPSA) is 150 Å². The average molecular weight is 492 g/mol. The first-order chi connectivity index (χ1) is 17.1. The molecule has 5 rings (SSSR count). The minimum Gasteiger partial charge on any atom is -0.394 e. The maximum absolute atomic E-state index is 12.6. The summed E-state index contributed by atoms with van der Waals surface area (Å²) in [5.74, 6) is -2.78. The first-order valence-corrected chi connectivity index (χ1v) is 11.8. The minimum absolute atomic E-state index is 0.329. The van der Waals surface area contributed by atoms with Crippen LogP contribution in [0.2, 0.25) is 0 Å². The van der Waals surface area contributed by atoms with E-state index in [0.717, 1.165) is 5.56 Å². The number of carbonyl (C=O) groups excluding carboxylic acids is 1. The third kappa shape index (κ3) is 3.06. The van der Waals surface area contributed by atoms with Gasteiger partial charge < -0.3 is 36.0 Å². The van der Waals surface area contributed by atoms with E-state index in [9.17, 15) is 35.4 Å². The molecule has 0 radical (unpaired) electrons. The molecule has 0 spiro atoms. The Morgan fingerprint density at radius 1 is 0.917 bits per heavy atom. The Morgan fingerprint density at radius 3 is 2.08 bits per heavy atom. The highest BCUT2D eigenvalue weighted by molar-refractivity contribution is 6.04. The zero-order valence-electron chi connectivity index (χ0n) is 19.6. The molecule has 0 saturated heterocycles. The molecule has 1 amide bonds. The van der Waals surface area contributed by atoms with E-state index >= 15 is 0 Å². The molecular formula is C28H29NO7. The number of amides is 1. The molecule has 0 heterocycles. The quantitative estimate of drug-likeness (QED) is 0.272. The maximum Gasteiger partial charge on any atom is 0.255 e. The van der Waals surface area contributed by atoms with Gasteiger partial charge in [0.15, 0.2) is 0 Å². The van der Waals surface area contributed by atoms with E-state index in [2.05, 4.69) is 5.32 Å². The molecule has 7 atom stereocenters. The lowest BCUT2D eigenvalue weighted by Crippen LogP contribution is -2.99. The fraction of sp³-hybridized carbons (Fsp3) is 0.321. The van der Waals surface area contributed by atoms with Crippen molar-refractivity contribution in [3.8, 4) is 0 Å². The predicted octanol–water partition coefficient (Wildman–Crippen LogP) is 1.05. The molecule has 3 unspecified atom stereocenters. The SMILES string of the molecule is Cc1ccc(C2[C@]3(O)C(O)C(c4ccc(C(=O)Nc5ccccc5)cc4)[C@]3(O)[C@]2(O)[C@H](O)CO)cc1. The normalized spacial score (nSPS) is 33.6.